The Morgan fingerprint density at radius 3 is 2.48 bits per heavy atom. The highest BCUT2D eigenvalue weighted by atomic mass is 19.4. The summed E-state index contributed by atoms with van der Waals surface area (Å²) in [5.41, 5.74) is -0.902. The number of hydrogen-bond acceptors (Lipinski definition) is 5. The van der Waals surface area contributed by atoms with Gasteiger partial charge in [-0.3, -0.25) is 14.9 Å². The van der Waals surface area contributed by atoms with E-state index in [0.717, 1.165) is 25.3 Å². The van der Waals surface area contributed by atoms with Crippen LogP contribution in [-0.4, -0.2) is 30.1 Å². The normalized spacial score (nSPS) is 10.9. The summed E-state index contributed by atoms with van der Waals surface area (Å²) in [6.07, 6.45) is -5.08. The molecule has 0 aliphatic rings. The van der Waals surface area contributed by atoms with Crippen LogP contribution in [0.15, 0.2) is 18.2 Å². The van der Waals surface area contributed by atoms with Crippen molar-refractivity contribution in [3.63, 3.8) is 0 Å². The van der Waals surface area contributed by atoms with E-state index in [1.807, 2.05) is 0 Å². The van der Waals surface area contributed by atoms with E-state index in [0.29, 0.717) is 0 Å². The average Bonchev–Trinajstić information content (AvgIpc) is 2.42. The van der Waals surface area contributed by atoms with Gasteiger partial charge in [-0.15, -0.1) is 0 Å². The number of halogens is 3. The maximum absolute atomic E-state index is 12.0. The number of hydrogen-bond donors (Lipinski definition) is 1. The fraction of sp³-hybridized carbons (Fsp3) is 0.273. The van der Waals surface area contributed by atoms with Crippen LogP contribution in [0.25, 0.3) is 0 Å². The lowest BCUT2D eigenvalue weighted by Gasteiger charge is -2.09. The van der Waals surface area contributed by atoms with Crippen LogP contribution in [0.2, 0.25) is 0 Å². The highest BCUT2D eigenvalue weighted by Gasteiger charge is 2.38. The van der Waals surface area contributed by atoms with Gasteiger partial charge < -0.3 is 10.1 Å². The third-order valence-electron chi connectivity index (χ3n) is 2.40. The van der Waals surface area contributed by atoms with Crippen LogP contribution in [0.3, 0.4) is 0 Å². The average molecular weight is 306 g/mol. The van der Waals surface area contributed by atoms with Crippen LogP contribution in [-0.2, 0) is 16.1 Å². The standard InChI is InChI=1S/C11H9F3N2O5/c1-21-9(17)6-2-3-7(8(4-6)16(19)20)5-15-10(18)11(12,13)14/h2-4H,5H2,1H3,(H,15,18). The molecule has 0 saturated heterocycles. The minimum absolute atomic E-state index is 0.130. The van der Waals surface area contributed by atoms with Gasteiger partial charge in [0.2, 0.25) is 0 Å². The van der Waals surface area contributed by atoms with Gasteiger partial charge in [-0.25, -0.2) is 4.79 Å². The van der Waals surface area contributed by atoms with E-state index in [1.54, 1.807) is 0 Å². The van der Waals surface area contributed by atoms with Gasteiger partial charge >= 0.3 is 18.1 Å². The number of carbonyl (C=O) groups is 2. The largest absolute Gasteiger partial charge is 0.471 e. The van der Waals surface area contributed by atoms with Crippen LogP contribution >= 0.6 is 0 Å². The summed E-state index contributed by atoms with van der Waals surface area (Å²) in [6, 6.07) is 3.08. The number of nitrogens with zero attached hydrogens (tertiary/aromatic N) is 1. The maximum atomic E-state index is 12.0. The number of nitro benzene ring substituents is 1. The first-order valence-corrected chi connectivity index (χ1v) is 5.37. The van der Waals surface area contributed by atoms with Crippen molar-refractivity contribution in [2.45, 2.75) is 12.7 Å². The molecule has 1 rings (SSSR count). The smallest absolute Gasteiger partial charge is 0.465 e. The van der Waals surface area contributed by atoms with E-state index in [1.165, 1.54) is 5.32 Å². The summed E-state index contributed by atoms with van der Waals surface area (Å²) in [6.45, 7) is -0.698. The highest BCUT2D eigenvalue weighted by molar-refractivity contribution is 5.90. The summed E-state index contributed by atoms with van der Waals surface area (Å²) in [5.74, 6) is -3.04. The Bertz CT molecular complexity index is 586. The number of nitro groups is 1. The van der Waals surface area contributed by atoms with Gasteiger partial charge in [0.15, 0.2) is 0 Å². The van der Waals surface area contributed by atoms with Crippen molar-refractivity contribution in [2.24, 2.45) is 0 Å². The Labute approximate surface area is 115 Å². The number of methoxy groups -OCH3 is 1. The van der Waals surface area contributed by atoms with E-state index in [4.69, 9.17) is 0 Å². The number of amides is 1. The summed E-state index contributed by atoms with van der Waals surface area (Å²) in [5, 5.41) is 12.4. The molecular weight excluding hydrogens is 297 g/mol. The van der Waals surface area contributed by atoms with Gasteiger partial charge in [-0.2, -0.15) is 13.2 Å². The van der Waals surface area contributed by atoms with Crippen LogP contribution in [0.5, 0.6) is 0 Å². The zero-order valence-electron chi connectivity index (χ0n) is 10.6. The van der Waals surface area contributed by atoms with Crippen molar-refractivity contribution >= 4 is 17.6 Å². The summed E-state index contributed by atoms with van der Waals surface area (Å²) in [4.78, 5) is 31.9. The zero-order chi connectivity index (χ0) is 16.2. The number of carbonyl (C=O) groups excluding carboxylic acids is 2. The Kier molecular flexibility index (Phi) is 4.84. The third-order valence-corrected chi connectivity index (χ3v) is 2.40. The molecule has 1 N–H and O–H groups in total. The predicted molar refractivity (Wildman–Crippen MR) is 62.3 cm³/mol. The van der Waals surface area contributed by atoms with Crippen molar-refractivity contribution in [2.75, 3.05) is 7.11 Å². The van der Waals surface area contributed by atoms with E-state index >= 15 is 0 Å². The van der Waals surface area contributed by atoms with Gasteiger partial charge in [0, 0.05) is 18.2 Å². The van der Waals surface area contributed by atoms with Gasteiger partial charge in [-0.05, 0) is 12.1 Å². The quantitative estimate of drug-likeness (QED) is 0.517. The number of alkyl halides is 3. The van der Waals surface area contributed by atoms with E-state index < -0.39 is 35.2 Å². The fourth-order valence-electron chi connectivity index (χ4n) is 1.40. The molecule has 0 fully saturated rings. The Balaban J connectivity index is 3.00. The Hall–Kier alpha value is -2.65. The van der Waals surface area contributed by atoms with Crippen LogP contribution in [0, 0.1) is 10.1 Å². The summed E-state index contributed by atoms with van der Waals surface area (Å²) < 4.78 is 40.4. The van der Waals surface area contributed by atoms with Crippen molar-refractivity contribution in [3.8, 4) is 0 Å². The van der Waals surface area contributed by atoms with Crippen LogP contribution < -0.4 is 5.32 Å². The second kappa shape index (κ2) is 6.20. The van der Waals surface area contributed by atoms with Crippen molar-refractivity contribution in [1.82, 2.24) is 5.32 Å². The molecule has 0 aliphatic carbocycles. The van der Waals surface area contributed by atoms with Gasteiger partial charge in [0.25, 0.3) is 5.69 Å². The third kappa shape index (κ3) is 4.16. The summed E-state index contributed by atoms with van der Waals surface area (Å²) >= 11 is 0. The molecule has 0 atom stereocenters. The predicted octanol–water partition coefficient (Wildman–Crippen LogP) is 1.56. The molecule has 7 nitrogen and oxygen atoms in total. The zero-order valence-corrected chi connectivity index (χ0v) is 10.6. The molecule has 10 heteroatoms. The molecule has 0 aromatic heterocycles. The molecule has 0 saturated carbocycles. The number of nitrogens with one attached hydrogen (secondary N) is 1. The molecule has 0 spiro atoms. The minimum atomic E-state index is -5.08. The molecule has 21 heavy (non-hydrogen) atoms. The molecule has 0 aliphatic heterocycles. The molecule has 0 radical (unpaired) electrons. The lowest BCUT2D eigenvalue weighted by Crippen LogP contribution is -2.36. The first-order chi connectivity index (χ1) is 9.66. The first kappa shape index (κ1) is 16.4. The SMILES string of the molecule is COC(=O)c1ccc(CNC(=O)C(F)(F)F)c([N+](=O)[O-])c1. The highest BCUT2D eigenvalue weighted by Crippen LogP contribution is 2.22. The molecule has 1 aromatic rings. The van der Waals surface area contributed by atoms with Gasteiger partial charge in [0.05, 0.1) is 17.6 Å². The second-order valence-corrected chi connectivity index (χ2v) is 3.77. The lowest BCUT2D eigenvalue weighted by atomic mass is 10.1. The van der Waals surface area contributed by atoms with Crippen LogP contribution in [0.4, 0.5) is 18.9 Å². The van der Waals surface area contributed by atoms with Crippen molar-refractivity contribution in [1.29, 1.82) is 0 Å². The first-order valence-electron chi connectivity index (χ1n) is 5.37. The molecule has 114 valence electrons. The topological polar surface area (TPSA) is 98.5 Å². The molecule has 0 bridgehead atoms. The molecule has 0 heterocycles. The minimum Gasteiger partial charge on any atom is -0.465 e. The fourth-order valence-corrected chi connectivity index (χ4v) is 1.40. The van der Waals surface area contributed by atoms with E-state index in [9.17, 15) is 32.9 Å². The van der Waals surface area contributed by atoms with Crippen molar-refractivity contribution in [3.05, 3.63) is 39.4 Å². The Morgan fingerprint density at radius 2 is 2.00 bits per heavy atom. The lowest BCUT2D eigenvalue weighted by molar-refractivity contribution is -0.385. The second-order valence-electron chi connectivity index (χ2n) is 3.77. The molecule has 1 aromatic carbocycles. The molecule has 1 amide bonds. The Morgan fingerprint density at radius 1 is 1.38 bits per heavy atom. The van der Waals surface area contributed by atoms with Gasteiger partial charge in [-0.1, -0.05) is 0 Å². The van der Waals surface area contributed by atoms with E-state index in [2.05, 4.69) is 4.74 Å². The van der Waals surface area contributed by atoms with E-state index in [-0.39, 0.29) is 11.1 Å². The number of ether oxygens (including phenoxy) is 1. The van der Waals surface area contributed by atoms with Crippen LogP contribution in [0.1, 0.15) is 15.9 Å². The molecule has 0 unspecified atom stereocenters. The maximum Gasteiger partial charge on any atom is 0.471 e. The number of benzene rings is 1. The molecular formula is C11H9F3N2O5. The van der Waals surface area contributed by atoms with Gasteiger partial charge in [0.1, 0.15) is 0 Å². The number of esters is 1. The van der Waals surface area contributed by atoms with Crippen molar-refractivity contribution < 1.29 is 32.4 Å². The number of rotatable bonds is 4. The summed E-state index contributed by atoms with van der Waals surface area (Å²) in [7, 11) is 1.08. The monoisotopic (exact) mass is 306 g/mol.